The zero-order valence-corrected chi connectivity index (χ0v) is 23.8. The number of amides is 2. The molecule has 0 aliphatic carbocycles. The lowest BCUT2D eigenvalue weighted by molar-refractivity contribution is -0.139. The van der Waals surface area contributed by atoms with Crippen LogP contribution in [0, 0.1) is 0 Å². The summed E-state index contributed by atoms with van der Waals surface area (Å²) in [6.45, 7) is 4.89. The van der Waals surface area contributed by atoms with Crippen molar-refractivity contribution in [3.05, 3.63) is 94.5 Å². The van der Waals surface area contributed by atoms with Crippen molar-refractivity contribution in [3.63, 3.8) is 0 Å². The molecule has 0 unspecified atom stereocenters. The van der Waals surface area contributed by atoms with Crippen molar-refractivity contribution in [1.29, 1.82) is 0 Å². The maximum Gasteiger partial charge on any atom is 0.264 e. The summed E-state index contributed by atoms with van der Waals surface area (Å²) in [5.74, 6) is -0.920. The van der Waals surface area contributed by atoms with Gasteiger partial charge in [-0.25, -0.2) is 8.42 Å². The number of carbonyl (C=O) groups excluding carboxylic acids is 2. The number of anilines is 1. The second-order valence-corrected chi connectivity index (χ2v) is 11.6. The Morgan fingerprint density at radius 2 is 1.58 bits per heavy atom. The highest BCUT2D eigenvalue weighted by Gasteiger charge is 2.33. The molecule has 2 atom stereocenters. The Bertz CT molecular complexity index is 1370. The molecule has 0 aliphatic rings. The monoisotopic (exact) mass is 575 g/mol. The quantitative estimate of drug-likeness (QED) is 0.326. The van der Waals surface area contributed by atoms with Gasteiger partial charge in [0.1, 0.15) is 12.6 Å². The summed E-state index contributed by atoms with van der Waals surface area (Å²) in [7, 11) is -4.15. The molecule has 38 heavy (non-hydrogen) atoms. The van der Waals surface area contributed by atoms with E-state index in [1.54, 1.807) is 67.6 Å². The van der Waals surface area contributed by atoms with Gasteiger partial charge in [-0.15, -0.1) is 0 Å². The molecule has 0 fully saturated rings. The lowest BCUT2D eigenvalue weighted by Crippen LogP contribution is -2.52. The fourth-order valence-electron chi connectivity index (χ4n) is 3.74. The van der Waals surface area contributed by atoms with Crippen LogP contribution in [-0.4, -0.2) is 43.8 Å². The van der Waals surface area contributed by atoms with Crippen LogP contribution in [0.1, 0.15) is 32.8 Å². The molecule has 1 N–H and O–H groups in total. The molecule has 10 heteroatoms. The van der Waals surface area contributed by atoms with Crippen LogP contribution < -0.4 is 9.62 Å². The highest BCUT2D eigenvalue weighted by Crippen LogP contribution is 2.27. The van der Waals surface area contributed by atoms with Gasteiger partial charge in [0.15, 0.2) is 0 Å². The Morgan fingerprint density at radius 1 is 0.921 bits per heavy atom. The predicted octanol–water partition coefficient (Wildman–Crippen LogP) is 5.52. The maximum absolute atomic E-state index is 13.9. The summed E-state index contributed by atoms with van der Waals surface area (Å²) < 4.78 is 28.4. The number of nitrogens with zero attached hydrogens (tertiary/aromatic N) is 2. The largest absolute Gasteiger partial charge is 0.352 e. The van der Waals surface area contributed by atoms with E-state index in [-0.39, 0.29) is 29.1 Å². The predicted molar refractivity (Wildman–Crippen MR) is 152 cm³/mol. The Hall–Kier alpha value is -3.07. The fraction of sp³-hybridized carbons (Fsp3) is 0.286. The topological polar surface area (TPSA) is 86.8 Å². The van der Waals surface area contributed by atoms with E-state index in [9.17, 15) is 18.0 Å². The zero-order valence-electron chi connectivity index (χ0n) is 21.5. The molecule has 202 valence electrons. The number of carbonyl (C=O) groups is 2. The van der Waals surface area contributed by atoms with Crippen molar-refractivity contribution in [1.82, 2.24) is 10.2 Å². The number of sulfonamides is 1. The normalized spacial score (nSPS) is 12.9. The minimum absolute atomic E-state index is 0.0162. The first-order chi connectivity index (χ1) is 18.0. The molecule has 3 aromatic rings. The highest BCUT2D eigenvalue weighted by molar-refractivity contribution is 7.92. The summed E-state index contributed by atoms with van der Waals surface area (Å²) >= 11 is 12.6. The van der Waals surface area contributed by atoms with Crippen molar-refractivity contribution in [2.24, 2.45) is 0 Å². The van der Waals surface area contributed by atoms with E-state index < -0.39 is 28.5 Å². The molecule has 0 saturated carbocycles. The fourth-order valence-corrected chi connectivity index (χ4v) is 5.55. The van der Waals surface area contributed by atoms with Crippen LogP contribution in [-0.2, 0) is 26.2 Å². The van der Waals surface area contributed by atoms with Crippen LogP contribution in [0.5, 0.6) is 0 Å². The second kappa shape index (κ2) is 13.1. The molecule has 0 heterocycles. The molecule has 2 amide bonds. The smallest absolute Gasteiger partial charge is 0.264 e. The van der Waals surface area contributed by atoms with E-state index in [4.69, 9.17) is 23.2 Å². The average molecular weight is 577 g/mol. The van der Waals surface area contributed by atoms with E-state index in [1.165, 1.54) is 23.1 Å². The zero-order chi connectivity index (χ0) is 27.9. The van der Waals surface area contributed by atoms with Gasteiger partial charge >= 0.3 is 0 Å². The molecular weight excluding hydrogens is 545 g/mol. The second-order valence-electron chi connectivity index (χ2n) is 8.91. The van der Waals surface area contributed by atoms with Gasteiger partial charge in [-0.2, -0.15) is 0 Å². The van der Waals surface area contributed by atoms with Gasteiger partial charge in [0, 0.05) is 22.6 Å². The van der Waals surface area contributed by atoms with Gasteiger partial charge in [0.05, 0.1) is 10.6 Å². The summed E-state index contributed by atoms with van der Waals surface area (Å²) in [6.07, 6.45) is 0.717. The van der Waals surface area contributed by atoms with Crippen molar-refractivity contribution >= 4 is 50.7 Å². The van der Waals surface area contributed by atoms with Crippen LogP contribution >= 0.6 is 23.2 Å². The molecular formula is C28H31Cl2N3O4S. The number of halogens is 2. The van der Waals surface area contributed by atoms with Gasteiger partial charge in [-0.05, 0) is 62.2 Å². The SMILES string of the molecule is CC[C@H](C)NC(=O)[C@@H](C)N(Cc1ccccc1Cl)C(=O)CN(c1cccc(Cl)c1)S(=O)(=O)c1ccccc1. The minimum atomic E-state index is -4.15. The van der Waals surface area contributed by atoms with Crippen LogP contribution in [0.3, 0.4) is 0 Å². The molecule has 7 nitrogen and oxygen atoms in total. The summed E-state index contributed by atoms with van der Waals surface area (Å²) in [6, 6.07) is 20.1. The van der Waals surface area contributed by atoms with Gasteiger partial charge in [0.25, 0.3) is 10.0 Å². The summed E-state index contributed by atoms with van der Waals surface area (Å²) in [5, 5.41) is 3.65. The van der Waals surface area contributed by atoms with Gasteiger partial charge < -0.3 is 10.2 Å². The van der Waals surface area contributed by atoms with E-state index in [2.05, 4.69) is 5.32 Å². The third-order valence-electron chi connectivity index (χ3n) is 6.17. The van der Waals surface area contributed by atoms with Crippen LogP contribution in [0.15, 0.2) is 83.8 Å². The Labute approximate surface area is 234 Å². The Balaban J connectivity index is 2.03. The Kier molecular flexibility index (Phi) is 10.2. The van der Waals surface area contributed by atoms with Crippen molar-refractivity contribution in [3.8, 4) is 0 Å². The van der Waals surface area contributed by atoms with Crippen molar-refractivity contribution in [2.45, 2.75) is 50.7 Å². The molecule has 3 aromatic carbocycles. The van der Waals surface area contributed by atoms with Crippen LogP contribution in [0.4, 0.5) is 5.69 Å². The third-order valence-corrected chi connectivity index (χ3v) is 8.57. The number of benzene rings is 3. The Morgan fingerprint density at radius 3 is 2.21 bits per heavy atom. The summed E-state index contributed by atoms with van der Waals surface area (Å²) in [4.78, 5) is 28.3. The molecule has 0 aliphatic heterocycles. The number of nitrogens with one attached hydrogen (secondary N) is 1. The van der Waals surface area contributed by atoms with Crippen LogP contribution in [0.2, 0.25) is 10.0 Å². The number of hydrogen-bond donors (Lipinski definition) is 1. The molecule has 0 saturated heterocycles. The van der Waals surface area contributed by atoms with E-state index in [1.807, 2.05) is 13.8 Å². The molecule has 0 aromatic heterocycles. The first-order valence-corrected chi connectivity index (χ1v) is 14.4. The van der Waals surface area contributed by atoms with E-state index in [0.29, 0.717) is 15.6 Å². The molecule has 0 radical (unpaired) electrons. The average Bonchev–Trinajstić information content (AvgIpc) is 2.91. The van der Waals surface area contributed by atoms with E-state index >= 15 is 0 Å². The number of rotatable bonds is 11. The molecule has 0 spiro atoms. The lowest BCUT2D eigenvalue weighted by atomic mass is 10.1. The molecule has 3 rings (SSSR count). The van der Waals surface area contributed by atoms with Crippen molar-refractivity contribution in [2.75, 3.05) is 10.8 Å². The minimum Gasteiger partial charge on any atom is -0.352 e. The number of hydrogen-bond acceptors (Lipinski definition) is 4. The third kappa shape index (κ3) is 7.28. The standard InChI is InChI=1S/C28H31Cl2N3O4S/c1-4-20(2)31-28(35)21(3)32(18-22-11-8-9-16-26(22)30)27(34)19-33(24-13-10-12-23(29)17-24)38(36,37)25-14-6-5-7-15-25/h5-17,20-21H,4,18-19H2,1-3H3,(H,31,35)/t20-,21+/m0/s1. The van der Waals surface area contributed by atoms with Crippen molar-refractivity contribution < 1.29 is 18.0 Å². The van der Waals surface area contributed by atoms with Gasteiger partial charge in [-0.3, -0.25) is 13.9 Å². The molecule has 0 bridgehead atoms. The van der Waals surface area contributed by atoms with Gasteiger partial charge in [-0.1, -0.05) is 72.6 Å². The maximum atomic E-state index is 13.9. The lowest BCUT2D eigenvalue weighted by Gasteiger charge is -2.32. The summed E-state index contributed by atoms with van der Waals surface area (Å²) in [5.41, 5.74) is 0.857. The highest BCUT2D eigenvalue weighted by atomic mass is 35.5. The first-order valence-electron chi connectivity index (χ1n) is 12.2. The van der Waals surface area contributed by atoms with Crippen LogP contribution in [0.25, 0.3) is 0 Å². The van der Waals surface area contributed by atoms with E-state index in [0.717, 1.165) is 10.7 Å². The van der Waals surface area contributed by atoms with Gasteiger partial charge in [0.2, 0.25) is 11.8 Å². The first kappa shape index (κ1) is 29.5.